The van der Waals surface area contributed by atoms with Crippen molar-refractivity contribution in [3.05, 3.63) is 47.1 Å². The molecule has 1 N–H and O–H groups in total. The van der Waals surface area contributed by atoms with Crippen molar-refractivity contribution >= 4 is 33.5 Å². The van der Waals surface area contributed by atoms with Crippen LogP contribution in [-0.4, -0.2) is 66.5 Å². The number of likely N-dealkylation sites (tertiary alicyclic amines) is 2. The molecule has 2 aliphatic heterocycles. The summed E-state index contributed by atoms with van der Waals surface area (Å²) in [6.45, 7) is 4.40. The Hall–Kier alpha value is -2.10. The van der Waals surface area contributed by atoms with Gasteiger partial charge in [-0.2, -0.15) is 4.68 Å². The number of carbonyl (C=O) groups is 1. The standard InChI is InChI=1S/C20H26ClN5O3S/c1-30(28,29)23-18-6-10-26(22-18)19(27)25-12-8-20(9-13-25)7-11-24(15-20)14-16-2-4-17(21)5-3-16/h2-6,10H,7-9,11-15H2,1H3,(H,22,23). The maximum absolute atomic E-state index is 12.7. The molecule has 0 saturated carbocycles. The van der Waals surface area contributed by atoms with E-state index in [1.54, 1.807) is 4.90 Å². The van der Waals surface area contributed by atoms with Crippen LogP contribution in [0, 0.1) is 5.41 Å². The van der Waals surface area contributed by atoms with Gasteiger partial charge in [0, 0.05) is 43.5 Å². The van der Waals surface area contributed by atoms with E-state index in [9.17, 15) is 13.2 Å². The van der Waals surface area contributed by atoms with Crippen molar-refractivity contribution in [3.8, 4) is 0 Å². The molecule has 1 aromatic heterocycles. The Morgan fingerprint density at radius 3 is 2.47 bits per heavy atom. The summed E-state index contributed by atoms with van der Waals surface area (Å²) in [6.07, 6.45) is 5.61. The summed E-state index contributed by atoms with van der Waals surface area (Å²) in [5.41, 5.74) is 1.53. The van der Waals surface area contributed by atoms with Crippen molar-refractivity contribution in [2.75, 3.05) is 37.2 Å². The highest BCUT2D eigenvalue weighted by molar-refractivity contribution is 7.92. The Bertz CT molecular complexity index is 1010. The molecule has 0 bridgehead atoms. The molecule has 0 unspecified atom stereocenters. The Morgan fingerprint density at radius 1 is 1.13 bits per heavy atom. The first kappa shape index (κ1) is 21.1. The number of nitrogens with one attached hydrogen (secondary N) is 1. The first-order valence-corrected chi connectivity index (χ1v) is 12.3. The summed E-state index contributed by atoms with van der Waals surface area (Å²) in [6, 6.07) is 9.27. The van der Waals surface area contributed by atoms with Gasteiger partial charge in [0.1, 0.15) is 0 Å². The predicted molar refractivity (Wildman–Crippen MR) is 116 cm³/mol. The number of benzene rings is 1. The van der Waals surface area contributed by atoms with Crippen LogP contribution in [0.4, 0.5) is 10.6 Å². The molecule has 0 radical (unpaired) electrons. The van der Waals surface area contributed by atoms with Crippen molar-refractivity contribution in [3.63, 3.8) is 0 Å². The van der Waals surface area contributed by atoms with Gasteiger partial charge in [-0.3, -0.25) is 9.62 Å². The number of rotatable bonds is 4. The highest BCUT2D eigenvalue weighted by Crippen LogP contribution is 2.41. The zero-order chi connectivity index (χ0) is 21.4. The smallest absolute Gasteiger partial charge is 0.323 e. The largest absolute Gasteiger partial charge is 0.344 e. The van der Waals surface area contributed by atoms with Gasteiger partial charge in [-0.25, -0.2) is 13.2 Å². The average Bonchev–Trinajstić information content (AvgIpc) is 3.30. The minimum atomic E-state index is -3.42. The maximum atomic E-state index is 12.7. The van der Waals surface area contributed by atoms with E-state index >= 15 is 0 Å². The summed E-state index contributed by atoms with van der Waals surface area (Å²) >= 11 is 5.98. The van der Waals surface area contributed by atoms with Gasteiger partial charge >= 0.3 is 6.03 Å². The zero-order valence-electron chi connectivity index (χ0n) is 16.9. The molecule has 2 aromatic rings. The SMILES string of the molecule is CS(=O)(=O)Nc1ccn(C(=O)N2CCC3(CCN(Cc4ccc(Cl)cc4)C3)CC2)n1. The van der Waals surface area contributed by atoms with Crippen LogP contribution < -0.4 is 4.72 Å². The van der Waals surface area contributed by atoms with Crippen LogP contribution in [0.25, 0.3) is 0 Å². The second-order valence-electron chi connectivity index (χ2n) is 8.38. The van der Waals surface area contributed by atoms with Crippen molar-refractivity contribution in [2.45, 2.75) is 25.8 Å². The fourth-order valence-electron chi connectivity index (χ4n) is 4.41. The molecule has 10 heteroatoms. The normalized spacial score (nSPS) is 19.3. The second-order valence-corrected chi connectivity index (χ2v) is 10.6. The summed E-state index contributed by atoms with van der Waals surface area (Å²) in [4.78, 5) is 17.0. The van der Waals surface area contributed by atoms with E-state index in [0.29, 0.717) is 13.1 Å². The van der Waals surface area contributed by atoms with Crippen molar-refractivity contribution in [2.24, 2.45) is 5.41 Å². The number of piperidine rings is 1. The first-order chi connectivity index (χ1) is 14.2. The van der Waals surface area contributed by atoms with E-state index < -0.39 is 10.0 Å². The number of nitrogens with zero attached hydrogens (tertiary/aromatic N) is 4. The Morgan fingerprint density at radius 2 is 1.80 bits per heavy atom. The van der Waals surface area contributed by atoms with Gasteiger partial charge in [0.2, 0.25) is 10.0 Å². The molecule has 4 rings (SSSR count). The molecule has 0 atom stereocenters. The van der Waals surface area contributed by atoms with Gasteiger partial charge in [0.05, 0.1) is 6.26 Å². The second kappa shape index (κ2) is 8.20. The molecule has 2 fully saturated rings. The van der Waals surface area contributed by atoms with E-state index in [4.69, 9.17) is 11.6 Å². The number of hydrogen-bond acceptors (Lipinski definition) is 5. The monoisotopic (exact) mass is 451 g/mol. The molecule has 8 nitrogen and oxygen atoms in total. The van der Waals surface area contributed by atoms with Crippen molar-refractivity contribution in [1.29, 1.82) is 0 Å². The molecule has 1 spiro atoms. The Balaban J connectivity index is 1.31. The van der Waals surface area contributed by atoms with Gasteiger partial charge in [-0.1, -0.05) is 23.7 Å². The lowest BCUT2D eigenvalue weighted by atomic mass is 9.78. The van der Waals surface area contributed by atoms with Crippen molar-refractivity contribution in [1.82, 2.24) is 19.6 Å². The lowest BCUT2D eigenvalue weighted by molar-refractivity contribution is 0.118. The molecular formula is C20H26ClN5O3S. The highest BCUT2D eigenvalue weighted by atomic mass is 35.5. The summed E-state index contributed by atoms with van der Waals surface area (Å²) in [5, 5.41) is 4.80. The number of halogens is 1. The molecule has 1 aromatic carbocycles. The van der Waals surface area contributed by atoms with E-state index in [0.717, 1.165) is 50.2 Å². The molecule has 3 heterocycles. The van der Waals surface area contributed by atoms with Gasteiger partial charge in [-0.15, -0.1) is 5.10 Å². The predicted octanol–water partition coefficient (Wildman–Crippen LogP) is 2.86. The lowest BCUT2D eigenvalue weighted by Gasteiger charge is -2.39. The van der Waals surface area contributed by atoms with Crippen LogP contribution in [0.3, 0.4) is 0 Å². The highest BCUT2D eigenvalue weighted by Gasteiger charge is 2.41. The van der Waals surface area contributed by atoms with E-state index in [2.05, 4.69) is 26.9 Å². The van der Waals surface area contributed by atoms with E-state index in [1.165, 1.54) is 22.5 Å². The number of anilines is 1. The third-order valence-corrected chi connectivity index (χ3v) is 6.84. The van der Waals surface area contributed by atoms with Crippen LogP contribution in [0.15, 0.2) is 36.5 Å². The molecule has 2 saturated heterocycles. The minimum Gasteiger partial charge on any atom is -0.323 e. The van der Waals surface area contributed by atoms with E-state index in [-0.39, 0.29) is 17.3 Å². The Kier molecular flexibility index (Phi) is 5.78. The topological polar surface area (TPSA) is 87.5 Å². The molecule has 30 heavy (non-hydrogen) atoms. The van der Waals surface area contributed by atoms with Crippen LogP contribution >= 0.6 is 11.6 Å². The number of hydrogen-bond donors (Lipinski definition) is 1. The van der Waals surface area contributed by atoms with Crippen LogP contribution in [0.1, 0.15) is 24.8 Å². The average molecular weight is 452 g/mol. The molecule has 162 valence electrons. The van der Waals surface area contributed by atoms with Gasteiger partial charge in [-0.05, 0) is 48.9 Å². The van der Waals surface area contributed by atoms with E-state index in [1.807, 2.05) is 12.1 Å². The quantitative estimate of drug-likeness (QED) is 0.772. The first-order valence-electron chi connectivity index (χ1n) is 10.0. The third-order valence-electron chi connectivity index (χ3n) is 6.01. The lowest BCUT2D eigenvalue weighted by Crippen LogP contribution is -2.45. The summed E-state index contributed by atoms with van der Waals surface area (Å²) < 4.78 is 26.1. The number of aromatic nitrogens is 2. The molecule has 2 aliphatic rings. The number of carbonyl (C=O) groups excluding carboxylic acids is 1. The number of amides is 1. The zero-order valence-corrected chi connectivity index (χ0v) is 18.5. The van der Waals surface area contributed by atoms with Gasteiger partial charge in [0.25, 0.3) is 0 Å². The fourth-order valence-corrected chi connectivity index (χ4v) is 5.03. The Labute approximate surface area is 181 Å². The summed E-state index contributed by atoms with van der Waals surface area (Å²) in [5.74, 6) is 0.146. The molecular weight excluding hydrogens is 426 g/mol. The maximum Gasteiger partial charge on any atom is 0.344 e. The third kappa shape index (κ3) is 4.96. The van der Waals surface area contributed by atoms with Gasteiger partial charge in [0.15, 0.2) is 5.82 Å². The van der Waals surface area contributed by atoms with Crippen molar-refractivity contribution < 1.29 is 13.2 Å². The molecule has 1 amide bonds. The summed E-state index contributed by atoms with van der Waals surface area (Å²) in [7, 11) is -3.42. The number of sulfonamides is 1. The van der Waals surface area contributed by atoms with Gasteiger partial charge < -0.3 is 4.90 Å². The molecule has 0 aliphatic carbocycles. The fraction of sp³-hybridized carbons (Fsp3) is 0.500. The van der Waals surface area contributed by atoms with Crippen LogP contribution in [0.5, 0.6) is 0 Å². The minimum absolute atomic E-state index is 0.146. The van der Waals surface area contributed by atoms with Crippen LogP contribution in [-0.2, 0) is 16.6 Å². The van der Waals surface area contributed by atoms with Crippen LogP contribution in [0.2, 0.25) is 5.02 Å².